The predicted molar refractivity (Wildman–Crippen MR) is 83.6 cm³/mol. The molecule has 1 amide bonds. The van der Waals surface area contributed by atoms with Crippen molar-refractivity contribution in [2.45, 2.75) is 39.8 Å². The number of thiocarbonyl (C=S) groups is 1. The topological polar surface area (TPSA) is 32.3 Å². The highest BCUT2D eigenvalue weighted by Crippen LogP contribution is 2.10. The second-order valence-electron chi connectivity index (χ2n) is 4.86. The Labute approximate surface area is 124 Å². The average molecular weight is 299 g/mol. The maximum absolute atomic E-state index is 12.0. The van der Waals surface area contributed by atoms with Crippen molar-refractivity contribution in [1.82, 2.24) is 10.2 Å². The molecule has 1 aromatic rings. The molecule has 0 aromatic heterocycles. The molecular formula is C14H19ClN2OS. The molecule has 0 unspecified atom stereocenters. The Morgan fingerprint density at radius 2 is 1.63 bits per heavy atom. The number of amides is 1. The van der Waals surface area contributed by atoms with Gasteiger partial charge in [-0.3, -0.25) is 10.1 Å². The van der Waals surface area contributed by atoms with Gasteiger partial charge in [0.2, 0.25) is 0 Å². The molecule has 0 radical (unpaired) electrons. The number of rotatable bonds is 3. The molecule has 104 valence electrons. The van der Waals surface area contributed by atoms with E-state index in [4.69, 9.17) is 23.8 Å². The zero-order valence-corrected chi connectivity index (χ0v) is 13.2. The normalized spacial score (nSPS) is 10.7. The zero-order chi connectivity index (χ0) is 14.6. The van der Waals surface area contributed by atoms with E-state index in [9.17, 15) is 4.79 Å². The van der Waals surface area contributed by atoms with Crippen molar-refractivity contribution in [2.24, 2.45) is 0 Å². The minimum atomic E-state index is -0.215. The van der Waals surface area contributed by atoms with Crippen molar-refractivity contribution in [3.05, 3.63) is 34.9 Å². The summed E-state index contributed by atoms with van der Waals surface area (Å²) in [7, 11) is 0. The molecule has 0 heterocycles. The van der Waals surface area contributed by atoms with Crippen molar-refractivity contribution in [2.75, 3.05) is 0 Å². The number of benzene rings is 1. The number of nitrogens with zero attached hydrogens (tertiary/aromatic N) is 1. The minimum Gasteiger partial charge on any atom is -0.344 e. The van der Waals surface area contributed by atoms with E-state index in [0.717, 1.165) is 0 Å². The van der Waals surface area contributed by atoms with Gasteiger partial charge >= 0.3 is 0 Å². The van der Waals surface area contributed by atoms with Gasteiger partial charge in [0.05, 0.1) is 0 Å². The van der Waals surface area contributed by atoms with E-state index < -0.39 is 0 Å². The van der Waals surface area contributed by atoms with Gasteiger partial charge < -0.3 is 4.90 Å². The fourth-order valence-corrected chi connectivity index (χ4v) is 2.54. The van der Waals surface area contributed by atoms with Gasteiger partial charge in [-0.2, -0.15) is 0 Å². The third-order valence-corrected chi connectivity index (χ3v) is 3.24. The van der Waals surface area contributed by atoms with Crippen LogP contribution in [0.3, 0.4) is 0 Å². The van der Waals surface area contributed by atoms with Gasteiger partial charge in [-0.25, -0.2) is 0 Å². The third-order valence-electron chi connectivity index (χ3n) is 2.67. The van der Waals surface area contributed by atoms with E-state index in [1.807, 2.05) is 32.6 Å². The van der Waals surface area contributed by atoms with Crippen LogP contribution in [0.25, 0.3) is 0 Å². The number of nitrogens with one attached hydrogen (secondary N) is 1. The molecule has 0 atom stereocenters. The first kappa shape index (κ1) is 15.9. The van der Waals surface area contributed by atoms with E-state index in [1.165, 1.54) is 0 Å². The van der Waals surface area contributed by atoms with Gasteiger partial charge in [-0.15, -0.1) is 0 Å². The molecule has 5 heteroatoms. The van der Waals surface area contributed by atoms with Crippen molar-refractivity contribution in [3.8, 4) is 0 Å². The van der Waals surface area contributed by atoms with Gasteiger partial charge in [0, 0.05) is 22.7 Å². The predicted octanol–water partition coefficient (Wildman–Crippen LogP) is 3.47. The second-order valence-corrected chi connectivity index (χ2v) is 5.68. The first-order valence-electron chi connectivity index (χ1n) is 6.22. The van der Waals surface area contributed by atoms with Gasteiger partial charge in [0.15, 0.2) is 5.11 Å². The third kappa shape index (κ3) is 4.48. The van der Waals surface area contributed by atoms with Gasteiger partial charge in [0.1, 0.15) is 0 Å². The fourth-order valence-electron chi connectivity index (χ4n) is 1.90. The molecule has 0 aliphatic rings. The van der Waals surface area contributed by atoms with Crippen LogP contribution in [0.1, 0.15) is 38.1 Å². The van der Waals surface area contributed by atoms with E-state index in [1.54, 1.807) is 24.3 Å². The van der Waals surface area contributed by atoms with Crippen LogP contribution in [-0.2, 0) is 0 Å². The van der Waals surface area contributed by atoms with Crippen LogP contribution in [0.15, 0.2) is 24.3 Å². The molecule has 1 N–H and O–H groups in total. The lowest BCUT2D eigenvalue weighted by atomic mass is 10.2. The van der Waals surface area contributed by atoms with Crippen LogP contribution in [0.5, 0.6) is 0 Å². The minimum absolute atomic E-state index is 0.215. The molecule has 0 saturated carbocycles. The summed E-state index contributed by atoms with van der Waals surface area (Å²) in [6, 6.07) is 7.19. The van der Waals surface area contributed by atoms with E-state index >= 15 is 0 Å². The number of carbonyl (C=O) groups excluding carboxylic acids is 1. The van der Waals surface area contributed by atoms with E-state index in [2.05, 4.69) is 5.32 Å². The maximum Gasteiger partial charge on any atom is 0.257 e. The van der Waals surface area contributed by atoms with Crippen molar-refractivity contribution in [3.63, 3.8) is 0 Å². The molecule has 19 heavy (non-hydrogen) atoms. The van der Waals surface area contributed by atoms with Crippen LogP contribution < -0.4 is 5.32 Å². The monoisotopic (exact) mass is 298 g/mol. The van der Waals surface area contributed by atoms with Crippen LogP contribution in [0.2, 0.25) is 5.02 Å². The fraction of sp³-hybridized carbons (Fsp3) is 0.429. The lowest BCUT2D eigenvalue weighted by Gasteiger charge is -2.33. The van der Waals surface area contributed by atoms with Gasteiger partial charge in [-0.1, -0.05) is 11.6 Å². The largest absolute Gasteiger partial charge is 0.344 e. The summed E-state index contributed by atoms with van der Waals surface area (Å²) in [5, 5.41) is 3.80. The number of hydrogen-bond donors (Lipinski definition) is 1. The summed E-state index contributed by atoms with van der Waals surface area (Å²) in [5.74, 6) is -0.215. The summed E-state index contributed by atoms with van der Waals surface area (Å²) < 4.78 is 0. The molecule has 1 aromatic carbocycles. The summed E-state index contributed by atoms with van der Waals surface area (Å²) >= 11 is 11.1. The standard InChI is InChI=1S/C14H19ClN2OS/c1-9(2)17(10(3)4)14(19)16-13(18)11-5-7-12(15)8-6-11/h5-10H,1-4H3,(H,16,18,19). The van der Waals surface area contributed by atoms with Crippen LogP contribution in [0, 0.1) is 0 Å². The molecular weight excluding hydrogens is 280 g/mol. The SMILES string of the molecule is CC(C)N(C(=S)NC(=O)c1ccc(Cl)cc1)C(C)C. The molecule has 0 spiro atoms. The molecule has 1 rings (SSSR count). The lowest BCUT2D eigenvalue weighted by Crippen LogP contribution is -2.49. The lowest BCUT2D eigenvalue weighted by molar-refractivity contribution is 0.0971. The molecule has 0 fully saturated rings. The average Bonchev–Trinajstić information content (AvgIpc) is 2.28. The van der Waals surface area contributed by atoms with Crippen molar-refractivity contribution in [1.29, 1.82) is 0 Å². The van der Waals surface area contributed by atoms with Crippen molar-refractivity contribution >= 4 is 34.8 Å². The highest BCUT2D eigenvalue weighted by molar-refractivity contribution is 7.80. The number of hydrogen-bond acceptors (Lipinski definition) is 2. The summed E-state index contributed by atoms with van der Waals surface area (Å²) in [6.45, 7) is 8.17. The number of carbonyl (C=O) groups is 1. The molecule has 0 saturated heterocycles. The van der Waals surface area contributed by atoms with Crippen LogP contribution >= 0.6 is 23.8 Å². The van der Waals surface area contributed by atoms with E-state index in [-0.39, 0.29) is 18.0 Å². The summed E-state index contributed by atoms with van der Waals surface area (Å²) in [6.07, 6.45) is 0. The second kappa shape index (κ2) is 6.87. The first-order chi connectivity index (χ1) is 8.82. The Morgan fingerprint density at radius 3 is 2.05 bits per heavy atom. The maximum atomic E-state index is 12.0. The van der Waals surface area contributed by atoms with Crippen molar-refractivity contribution < 1.29 is 4.79 Å². The molecule has 3 nitrogen and oxygen atoms in total. The molecule has 0 aliphatic heterocycles. The van der Waals surface area contributed by atoms with Gasteiger partial charge in [0.25, 0.3) is 5.91 Å². The highest BCUT2D eigenvalue weighted by Gasteiger charge is 2.19. The Balaban J connectivity index is 2.76. The van der Waals surface area contributed by atoms with Gasteiger partial charge in [-0.05, 0) is 64.2 Å². The Kier molecular flexibility index (Phi) is 5.76. The smallest absolute Gasteiger partial charge is 0.257 e. The Morgan fingerprint density at radius 1 is 1.16 bits per heavy atom. The van der Waals surface area contributed by atoms with Crippen LogP contribution in [0.4, 0.5) is 0 Å². The van der Waals surface area contributed by atoms with E-state index in [0.29, 0.717) is 15.7 Å². The quantitative estimate of drug-likeness (QED) is 0.867. The Hall–Kier alpha value is -1.13. The summed E-state index contributed by atoms with van der Waals surface area (Å²) in [4.78, 5) is 14.0. The molecule has 0 bridgehead atoms. The van der Waals surface area contributed by atoms with Crippen LogP contribution in [-0.4, -0.2) is 28.0 Å². The first-order valence-corrected chi connectivity index (χ1v) is 7.00. The Bertz CT molecular complexity index is 449. The summed E-state index contributed by atoms with van der Waals surface area (Å²) in [5.41, 5.74) is 0.541. The highest BCUT2D eigenvalue weighted by atomic mass is 35.5. The number of halogens is 1. The molecule has 0 aliphatic carbocycles. The zero-order valence-electron chi connectivity index (χ0n) is 11.6.